The molecule has 4 heterocycles. The van der Waals surface area contributed by atoms with E-state index in [-0.39, 0.29) is 18.5 Å². The van der Waals surface area contributed by atoms with E-state index in [0.717, 1.165) is 75.6 Å². The monoisotopic (exact) mass is 652 g/mol. The number of carbonyl (C=O) groups excluding carboxylic acids is 1. The van der Waals surface area contributed by atoms with Crippen molar-refractivity contribution in [3.05, 3.63) is 77.0 Å². The van der Waals surface area contributed by atoms with Gasteiger partial charge in [-0.2, -0.15) is 9.97 Å². The maximum absolute atomic E-state index is 13.9. The highest BCUT2D eigenvalue weighted by Crippen LogP contribution is 2.47. The van der Waals surface area contributed by atoms with Gasteiger partial charge >= 0.3 is 6.01 Å². The van der Waals surface area contributed by atoms with Crippen molar-refractivity contribution in [2.24, 2.45) is 5.41 Å². The van der Waals surface area contributed by atoms with Crippen LogP contribution in [0.2, 0.25) is 0 Å². The molecule has 3 aromatic rings. The van der Waals surface area contributed by atoms with Gasteiger partial charge in [-0.3, -0.25) is 4.79 Å². The van der Waals surface area contributed by atoms with Crippen molar-refractivity contribution in [3.8, 4) is 6.01 Å². The molecule has 1 atom stereocenters. The number of ether oxygens (including phenoxy) is 1. The summed E-state index contributed by atoms with van der Waals surface area (Å²) in [5.74, 6) is -0.940. The number of likely N-dealkylation sites (N-methyl/N-ethyl adjacent to an activating group) is 1. The Balaban J connectivity index is 1.18. The molecule has 0 N–H and O–H groups in total. The third kappa shape index (κ3) is 6.56. The first-order valence-corrected chi connectivity index (χ1v) is 17.1. The number of benzene rings is 2. The number of hydrogen-bond acceptors (Lipinski definition) is 8. The summed E-state index contributed by atoms with van der Waals surface area (Å²) in [7, 11) is 2.18. The van der Waals surface area contributed by atoms with E-state index in [4.69, 9.17) is 21.3 Å². The Morgan fingerprint density at radius 2 is 1.83 bits per heavy atom. The fourth-order valence-corrected chi connectivity index (χ4v) is 7.64. The Kier molecular flexibility index (Phi) is 8.96. The highest BCUT2D eigenvalue weighted by Gasteiger charge is 2.45. The summed E-state index contributed by atoms with van der Waals surface area (Å²) in [5, 5.41) is 2.47. The lowest BCUT2D eigenvalue weighted by Crippen LogP contribution is -2.57. The molecule has 1 unspecified atom stereocenters. The second-order valence-electron chi connectivity index (χ2n) is 14.1. The fourth-order valence-electron chi connectivity index (χ4n) is 7.64. The summed E-state index contributed by atoms with van der Waals surface area (Å²) in [4.78, 5) is 37.2. The zero-order valence-electron chi connectivity index (χ0n) is 28.1. The molecule has 0 spiro atoms. The summed E-state index contributed by atoms with van der Waals surface area (Å²) >= 11 is 0. The van der Waals surface area contributed by atoms with Crippen LogP contribution >= 0.6 is 0 Å². The summed E-state index contributed by atoms with van der Waals surface area (Å²) < 4.78 is 20.4. The molecule has 48 heavy (non-hydrogen) atoms. The molecule has 10 nitrogen and oxygen atoms in total. The molecule has 2 aromatic carbocycles. The van der Waals surface area contributed by atoms with Gasteiger partial charge in [-0.1, -0.05) is 36.9 Å². The lowest BCUT2D eigenvalue weighted by Gasteiger charge is -2.41. The van der Waals surface area contributed by atoms with Crippen LogP contribution in [0.5, 0.6) is 6.01 Å². The SMILES string of the molecule is [C-]#[N+]CC1CN(c2nc(OCC3(CN4CCN(C)CC4)CC3)nc3c2CCN(c2cccc4cccc(C)c24)C3)CCN1C(=O)C(=C)F. The summed E-state index contributed by atoms with van der Waals surface area (Å²) in [5.41, 5.74) is 4.58. The van der Waals surface area contributed by atoms with Crippen LogP contribution in [0, 0.1) is 18.9 Å². The van der Waals surface area contributed by atoms with Crippen molar-refractivity contribution in [2.45, 2.75) is 38.8 Å². The molecule has 11 heteroatoms. The maximum Gasteiger partial charge on any atom is 0.318 e. The molecule has 0 radical (unpaired) electrons. The van der Waals surface area contributed by atoms with Crippen molar-refractivity contribution in [3.63, 3.8) is 0 Å². The highest BCUT2D eigenvalue weighted by molar-refractivity contribution is 5.97. The first-order valence-electron chi connectivity index (χ1n) is 17.1. The number of carbonyl (C=O) groups is 1. The Bertz CT molecular complexity index is 1740. The normalized spacial score (nSPS) is 21.1. The molecular formula is C37H45FN8O2. The van der Waals surface area contributed by atoms with E-state index in [2.05, 4.69) is 81.4 Å². The third-order valence-electron chi connectivity index (χ3n) is 10.7. The van der Waals surface area contributed by atoms with Gasteiger partial charge in [0.15, 0.2) is 5.83 Å². The number of amides is 1. The minimum absolute atomic E-state index is 0.0785. The van der Waals surface area contributed by atoms with Gasteiger partial charge < -0.3 is 34.1 Å². The van der Waals surface area contributed by atoms with E-state index >= 15 is 0 Å². The predicted octanol–water partition coefficient (Wildman–Crippen LogP) is 4.33. The number of aryl methyl sites for hydroxylation is 1. The number of anilines is 2. The predicted molar refractivity (Wildman–Crippen MR) is 186 cm³/mol. The van der Waals surface area contributed by atoms with Crippen molar-refractivity contribution in [1.82, 2.24) is 24.7 Å². The first-order chi connectivity index (χ1) is 23.2. The molecule has 3 fully saturated rings. The van der Waals surface area contributed by atoms with Gasteiger partial charge in [-0.25, -0.2) is 11.0 Å². The minimum atomic E-state index is -0.997. The van der Waals surface area contributed by atoms with Crippen molar-refractivity contribution < 1.29 is 13.9 Å². The van der Waals surface area contributed by atoms with Crippen LogP contribution in [0.4, 0.5) is 15.9 Å². The molecule has 1 saturated carbocycles. The van der Waals surface area contributed by atoms with Gasteiger partial charge in [-0.05, 0) is 50.2 Å². The van der Waals surface area contributed by atoms with Crippen molar-refractivity contribution in [1.29, 1.82) is 0 Å². The molecule has 0 bridgehead atoms. The van der Waals surface area contributed by atoms with Crippen molar-refractivity contribution in [2.75, 3.05) is 88.9 Å². The number of fused-ring (bicyclic) bond motifs is 2. The smallest absolute Gasteiger partial charge is 0.318 e. The molecule has 1 amide bonds. The zero-order chi connectivity index (χ0) is 33.4. The lowest BCUT2D eigenvalue weighted by molar-refractivity contribution is -0.131. The molecule has 2 saturated heterocycles. The number of hydrogen-bond donors (Lipinski definition) is 0. The zero-order valence-corrected chi connectivity index (χ0v) is 28.1. The van der Waals surface area contributed by atoms with Gasteiger partial charge in [0.1, 0.15) is 11.9 Å². The number of rotatable bonds is 9. The van der Waals surface area contributed by atoms with Gasteiger partial charge in [0.05, 0.1) is 18.8 Å². The Hall–Kier alpha value is -4.27. The number of halogens is 1. The fraction of sp³-hybridized carbons (Fsp3) is 0.514. The maximum atomic E-state index is 13.9. The molecule has 4 aliphatic rings. The van der Waals surface area contributed by atoms with E-state index in [1.54, 1.807) is 0 Å². The Morgan fingerprint density at radius 3 is 2.56 bits per heavy atom. The van der Waals surface area contributed by atoms with Crippen LogP contribution in [-0.4, -0.2) is 116 Å². The Labute approximate surface area is 282 Å². The first kappa shape index (κ1) is 32.3. The second kappa shape index (κ2) is 13.3. The third-order valence-corrected chi connectivity index (χ3v) is 10.7. The van der Waals surface area contributed by atoms with Crippen LogP contribution in [0.25, 0.3) is 15.6 Å². The molecular weight excluding hydrogens is 607 g/mol. The van der Waals surface area contributed by atoms with Crippen LogP contribution in [0.3, 0.4) is 0 Å². The minimum Gasteiger partial charge on any atom is -0.463 e. The van der Waals surface area contributed by atoms with Crippen molar-refractivity contribution >= 4 is 28.2 Å². The van der Waals surface area contributed by atoms with Gasteiger partial charge in [0, 0.05) is 81.0 Å². The average Bonchev–Trinajstić information content (AvgIpc) is 3.86. The van der Waals surface area contributed by atoms with Gasteiger partial charge in [0.2, 0.25) is 6.54 Å². The van der Waals surface area contributed by atoms with Gasteiger partial charge in [-0.15, -0.1) is 0 Å². The molecule has 1 aliphatic carbocycles. The largest absolute Gasteiger partial charge is 0.463 e. The summed E-state index contributed by atoms with van der Waals surface area (Å²) in [6.07, 6.45) is 3.02. The molecule has 7 rings (SSSR count). The highest BCUT2D eigenvalue weighted by atomic mass is 19.1. The Morgan fingerprint density at radius 1 is 1.06 bits per heavy atom. The lowest BCUT2D eigenvalue weighted by atomic mass is 9.99. The number of aromatic nitrogens is 2. The number of piperazine rings is 2. The van der Waals surface area contributed by atoms with E-state index < -0.39 is 17.8 Å². The van der Waals surface area contributed by atoms with Crippen LogP contribution in [0.15, 0.2) is 48.8 Å². The van der Waals surface area contributed by atoms with Crippen LogP contribution in [0.1, 0.15) is 29.7 Å². The van der Waals surface area contributed by atoms with Crippen LogP contribution < -0.4 is 14.5 Å². The second-order valence-corrected chi connectivity index (χ2v) is 14.1. The topological polar surface area (TPSA) is 72.6 Å². The van der Waals surface area contributed by atoms with E-state index in [9.17, 15) is 9.18 Å². The van der Waals surface area contributed by atoms with E-state index in [0.29, 0.717) is 32.3 Å². The summed E-state index contributed by atoms with van der Waals surface area (Å²) in [6.45, 7) is 21.5. The standard InChI is InChI=1S/C37H45FN8O2/c1-26-7-5-8-28-9-6-10-32(33(26)28)44-14-11-30-31(23-44)40-36(48-25-37(12-13-37)24-43-17-15-42(4)16-18-43)41-34(30)45-19-20-46(35(47)27(2)38)29(22-45)21-39-3/h5-10,29H,2,11-25H2,1,4H3. The average molecular weight is 653 g/mol. The number of nitrogens with zero attached hydrogens (tertiary/aromatic N) is 8. The van der Waals surface area contributed by atoms with Crippen LogP contribution in [-0.2, 0) is 17.8 Å². The van der Waals surface area contributed by atoms with E-state index in [1.165, 1.54) is 26.9 Å². The molecule has 1 aromatic heterocycles. The van der Waals surface area contributed by atoms with Gasteiger partial charge in [0.25, 0.3) is 5.91 Å². The summed E-state index contributed by atoms with van der Waals surface area (Å²) in [6, 6.07) is 12.8. The van der Waals surface area contributed by atoms with E-state index in [1.807, 2.05) is 0 Å². The quantitative estimate of drug-likeness (QED) is 0.250. The molecule has 252 valence electrons. The molecule has 3 aliphatic heterocycles.